The molecule has 0 aliphatic heterocycles. The summed E-state index contributed by atoms with van der Waals surface area (Å²) in [7, 11) is 0. The van der Waals surface area contributed by atoms with Crippen LogP contribution in [0.4, 0.5) is 0 Å². The maximum atomic E-state index is 12.9. The molecule has 142 valence electrons. The number of amides is 1. The Labute approximate surface area is 163 Å². The van der Waals surface area contributed by atoms with Gasteiger partial charge < -0.3 is 5.32 Å². The molecule has 1 amide bonds. The Kier molecular flexibility index (Phi) is 5.33. The number of hydrogen-bond donors (Lipinski definition) is 1. The van der Waals surface area contributed by atoms with Crippen molar-refractivity contribution in [1.29, 1.82) is 0 Å². The second-order valence-corrected chi connectivity index (χ2v) is 7.14. The highest BCUT2D eigenvalue weighted by atomic mass is 16.1. The number of nitrogens with zero attached hydrogens (tertiary/aromatic N) is 2. The van der Waals surface area contributed by atoms with E-state index in [1.807, 2.05) is 54.6 Å². The van der Waals surface area contributed by atoms with E-state index < -0.39 is 0 Å². The molecular formula is C23H23N3O2. The third kappa shape index (κ3) is 3.88. The molecule has 1 aliphatic carbocycles. The van der Waals surface area contributed by atoms with Crippen molar-refractivity contribution in [3.8, 4) is 0 Å². The van der Waals surface area contributed by atoms with Crippen molar-refractivity contribution in [2.24, 2.45) is 0 Å². The molecule has 0 unspecified atom stereocenters. The summed E-state index contributed by atoms with van der Waals surface area (Å²) in [6, 6.07) is 17.3. The van der Waals surface area contributed by atoms with Gasteiger partial charge in [0.15, 0.2) is 0 Å². The number of hydrogen-bond acceptors (Lipinski definition) is 3. The SMILES string of the molecule is O=C(C=Cc1ccccc1)NCc1nn(C2CCCC2)c(=O)c2ccccc12. The van der Waals surface area contributed by atoms with Crippen molar-refractivity contribution in [2.45, 2.75) is 38.3 Å². The maximum Gasteiger partial charge on any atom is 0.274 e. The maximum absolute atomic E-state index is 12.9. The van der Waals surface area contributed by atoms with E-state index in [1.54, 1.807) is 10.8 Å². The van der Waals surface area contributed by atoms with E-state index in [-0.39, 0.29) is 24.1 Å². The van der Waals surface area contributed by atoms with E-state index in [0.29, 0.717) is 5.39 Å². The standard InChI is InChI=1S/C23H23N3O2/c27-22(15-14-17-8-2-1-3-9-17)24-16-21-19-12-6-7-13-20(19)23(28)26(25-21)18-10-4-5-11-18/h1-3,6-9,12-15,18H,4-5,10-11,16H2,(H,24,27). The first kappa shape index (κ1) is 18.2. The fraction of sp³-hybridized carbons (Fsp3) is 0.261. The van der Waals surface area contributed by atoms with Crippen molar-refractivity contribution in [3.63, 3.8) is 0 Å². The molecule has 0 bridgehead atoms. The van der Waals surface area contributed by atoms with Gasteiger partial charge in [-0.3, -0.25) is 9.59 Å². The molecule has 28 heavy (non-hydrogen) atoms. The third-order valence-electron chi connectivity index (χ3n) is 5.23. The average Bonchev–Trinajstić information content (AvgIpc) is 3.27. The van der Waals surface area contributed by atoms with Gasteiger partial charge in [-0.15, -0.1) is 0 Å². The quantitative estimate of drug-likeness (QED) is 0.691. The number of benzene rings is 2. The molecule has 0 atom stereocenters. The second kappa shape index (κ2) is 8.21. The predicted octanol–water partition coefficient (Wildman–Crippen LogP) is 3.84. The molecule has 3 aromatic rings. The van der Waals surface area contributed by atoms with E-state index in [1.165, 1.54) is 6.08 Å². The van der Waals surface area contributed by atoms with Crippen molar-refractivity contribution in [2.75, 3.05) is 0 Å². The zero-order chi connectivity index (χ0) is 19.3. The molecule has 5 nitrogen and oxygen atoms in total. The lowest BCUT2D eigenvalue weighted by atomic mass is 10.1. The van der Waals surface area contributed by atoms with Gasteiger partial charge >= 0.3 is 0 Å². The molecule has 0 spiro atoms. The van der Waals surface area contributed by atoms with Crippen LogP contribution in [0.2, 0.25) is 0 Å². The third-order valence-corrected chi connectivity index (χ3v) is 5.23. The lowest BCUT2D eigenvalue weighted by Gasteiger charge is -2.16. The Morgan fingerprint density at radius 3 is 2.46 bits per heavy atom. The first-order chi connectivity index (χ1) is 13.7. The molecule has 1 aromatic heterocycles. The lowest BCUT2D eigenvalue weighted by Crippen LogP contribution is -2.30. The first-order valence-corrected chi connectivity index (χ1v) is 9.74. The van der Waals surface area contributed by atoms with Crippen LogP contribution in [0.5, 0.6) is 0 Å². The Hall–Kier alpha value is -3.21. The highest BCUT2D eigenvalue weighted by Crippen LogP contribution is 2.28. The second-order valence-electron chi connectivity index (χ2n) is 7.14. The Bertz CT molecular complexity index is 1060. The molecular weight excluding hydrogens is 350 g/mol. The number of carbonyl (C=O) groups excluding carboxylic acids is 1. The average molecular weight is 373 g/mol. The number of aromatic nitrogens is 2. The van der Waals surface area contributed by atoms with Gasteiger partial charge in [-0.1, -0.05) is 61.4 Å². The first-order valence-electron chi connectivity index (χ1n) is 9.74. The summed E-state index contributed by atoms with van der Waals surface area (Å²) < 4.78 is 1.64. The Morgan fingerprint density at radius 1 is 1.04 bits per heavy atom. The number of rotatable bonds is 5. The Balaban J connectivity index is 1.57. The van der Waals surface area contributed by atoms with Gasteiger partial charge in [0.2, 0.25) is 5.91 Å². The molecule has 1 N–H and O–H groups in total. The normalized spacial score (nSPS) is 14.7. The highest BCUT2D eigenvalue weighted by molar-refractivity contribution is 5.92. The van der Waals surface area contributed by atoms with Crippen LogP contribution < -0.4 is 10.9 Å². The summed E-state index contributed by atoms with van der Waals surface area (Å²) in [5.41, 5.74) is 1.65. The molecule has 1 saturated carbocycles. The van der Waals surface area contributed by atoms with Crippen LogP contribution in [0.15, 0.2) is 65.5 Å². The monoisotopic (exact) mass is 373 g/mol. The molecule has 0 saturated heterocycles. The molecule has 0 radical (unpaired) electrons. The van der Waals surface area contributed by atoms with Crippen molar-refractivity contribution in [3.05, 3.63) is 82.3 Å². The van der Waals surface area contributed by atoms with Gasteiger partial charge in [-0.25, -0.2) is 4.68 Å². The molecule has 5 heteroatoms. The fourth-order valence-corrected chi connectivity index (χ4v) is 3.77. The van der Waals surface area contributed by atoms with Gasteiger partial charge in [0.25, 0.3) is 5.56 Å². The van der Waals surface area contributed by atoms with E-state index in [9.17, 15) is 9.59 Å². The summed E-state index contributed by atoms with van der Waals surface area (Å²) in [5.74, 6) is -0.187. The Morgan fingerprint density at radius 2 is 1.71 bits per heavy atom. The van der Waals surface area contributed by atoms with Gasteiger partial charge in [0.05, 0.1) is 23.7 Å². The van der Waals surface area contributed by atoms with E-state index in [0.717, 1.165) is 42.3 Å². The zero-order valence-electron chi connectivity index (χ0n) is 15.7. The van der Waals surface area contributed by atoms with Gasteiger partial charge in [-0.05, 0) is 30.5 Å². The van der Waals surface area contributed by atoms with Crippen LogP contribution in [0.3, 0.4) is 0 Å². The van der Waals surface area contributed by atoms with Gasteiger partial charge in [-0.2, -0.15) is 5.10 Å². The summed E-state index contributed by atoms with van der Waals surface area (Å²) in [6.45, 7) is 0.283. The summed E-state index contributed by atoms with van der Waals surface area (Å²) >= 11 is 0. The van der Waals surface area contributed by atoms with Gasteiger partial charge in [0, 0.05) is 11.5 Å². The van der Waals surface area contributed by atoms with Crippen molar-refractivity contribution < 1.29 is 4.79 Å². The minimum Gasteiger partial charge on any atom is -0.347 e. The van der Waals surface area contributed by atoms with E-state index in [2.05, 4.69) is 10.4 Å². The predicted molar refractivity (Wildman–Crippen MR) is 111 cm³/mol. The number of fused-ring (bicyclic) bond motifs is 1. The highest BCUT2D eigenvalue weighted by Gasteiger charge is 2.21. The summed E-state index contributed by atoms with van der Waals surface area (Å²) in [6.07, 6.45) is 7.52. The number of nitrogens with one attached hydrogen (secondary N) is 1. The fourth-order valence-electron chi connectivity index (χ4n) is 3.77. The van der Waals surface area contributed by atoms with Crippen LogP contribution in [0.1, 0.15) is 43.0 Å². The molecule has 2 aromatic carbocycles. The minimum absolute atomic E-state index is 0.0402. The van der Waals surface area contributed by atoms with Gasteiger partial charge in [0.1, 0.15) is 0 Å². The minimum atomic E-state index is -0.187. The zero-order valence-corrected chi connectivity index (χ0v) is 15.7. The molecule has 4 rings (SSSR count). The largest absolute Gasteiger partial charge is 0.347 e. The molecule has 1 fully saturated rings. The summed E-state index contributed by atoms with van der Waals surface area (Å²) in [5, 5.41) is 8.99. The van der Waals surface area contributed by atoms with Crippen LogP contribution in [0.25, 0.3) is 16.8 Å². The number of carbonyl (C=O) groups is 1. The van der Waals surface area contributed by atoms with Crippen LogP contribution >= 0.6 is 0 Å². The van der Waals surface area contributed by atoms with E-state index in [4.69, 9.17) is 0 Å². The molecule has 1 heterocycles. The van der Waals surface area contributed by atoms with Crippen molar-refractivity contribution >= 4 is 22.8 Å². The lowest BCUT2D eigenvalue weighted by molar-refractivity contribution is -0.116. The topological polar surface area (TPSA) is 64.0 Å². The molecule has 1 aliphatic rings. The van der Waals surface area contributed by atoms with Crippen LogP contribution in [-0.2, 0) is 11.3 Å². The van der Waals surface area contributed by atoms with E-state index >= 15 is 0 Å². The van der Waals surface area contributed by atoms with Crippen LogP contribution in [0, 0.1) is 0 Å². The summed E-state index contributed by atoms with van der Waals surface area (Å²) in [4.78, 5) is 25.1. The van der Waals surface area contributed by atoms with Crippen molar-refractivity contribution in [1.82, 2.24) is 15.1 Å². The van der Waals surface area contributed by atoms with Crippen LogP contribution in [-0.4, -0.2) is 15.7 Å². The smallest absolute Gasteiger partial charge is 0.274 e.